The summed E-state index contributed by atoms with van der Waals surface area (Å²) in [4.78, 5) is 0. The zero-order valence-electron chi connectivity index (χ0n) is 13.6. The third-order valence-corrected chi connectivity index (χ3v) is 4.57. The zero-order chi connectivity index (χ0) is 14.8. The van der Waals surface area contributed by atoms with Crippen molar-refractivity contribution in [2.75, 3.05) is 12.4 Å². The molecule has 0 aliphatic heterocycles. The number of anilines is 1. The highest BCUT2D eigenvalue weighted by atomic mass is 16.5. The molecule has 2 rings (SSSR count). The molecule has 1 aromatic rings. The molecule has 1 fully saturated rings. The van der Waals surface area contributed by atoms with Gasteiger partial charge in [0, 0.05) is 11.7 Å². The highest BCUT2D eigenvalue weighted by Crippen LogP contribution is 2.21. The Balaban J connectivity index is 1.84. The van der Waals surface area contributed by atoms with Crippen LogP contribution >= 0.6 is 0 Å². The van der Waals surface area contributed by atoms with Gasteiger partial charge in [0.1, 0.15) is 5.75 Å². The Kier molecular flexibility index (Phi) is 7.48. The Morgan fingerprint density at radius 2 is 1.24 bits per heavy atom. The van der Waals surface area contributed by atoms with Crippen LogP contribution in [0.1, 0.15) is 70.6 Å². The molecule has 0 spiro atoms. The summed E-state index contributed by atoms with van der Waals surface area (Å²) in [5.41, 5.74) is 1.23. The van der Waals surface area contributed by atoms with E-state index in [2.05, 4.69) is 17.4 Å². The fraction of sp³-hybridized carbons (Fsp3) is 0.684. The van der Waals surface area contributed by atoms with Crippen LogP contribution in [0.4, 0.5) is 5.69 Å². The molecular weight excluding hydrogens is 258 g/mol. The van der Waals surface area contributed by atoms with Crippen LogP contribution in [-0.4, -0.2) is 13.2 Å². The van der Waals surface area contributed by atoms with Gasteiger partial charge in [0.05, 0.1) is 7.11 Å². The average Bonchev–Trinajstić information content (AvgIpc) is 2.51. The Labute approximate surface area is 130 Å². The minimum absolute atomic E-state index is 0.637. The van der Waals surface area contributed by atoms with Crippen LogP contribution in [0.3, 0.4) is 0 Å². The van der Waals surface area contributed by atoms with Gasteiger partial charge >= 0.3 is 0 Å². The normalized spacial score (nSPS) is 19.3. The molecule has 0 amide bonds. The number of benzene rings is 1. The molecule has 0 radical (unpaired) electrons. The highest BCUT2D eigenvalue weighted by molar-refractivity contribution is 5.47. The molecule has 118 valence electrons. The molecule has 1 aromatic carbocycles. The van der Waals surface area contributed by atoms with Crippen molar-refractivity contribution in [3.63, 3.8) is 0 Å². The van der Waals surface area contributed by atoms with Crippen molar-refractivity contribution < 1.29 is 4.74 Å². The molecule has 2 heteroatoms. The van der Waals surface area contributed by atoms with Gasteiger partial charge < -0.3 is 10.1 Å². The lowest BCUT2D eigenvalue weighted by atomic mass is 9.98. The van der Waals surface area contributed by atoms with Crippen LogP contribution < -0.4 is 10.1 Å². The number of hydrogen-bond acceptors (Lipinski definition) is 2. The van der Waals surface area contributed by atoms with Crippen LogP contribution in [0.25, 0.3) is 0 Å². The maximum absolute atomic E-state index is 5.22. The average molecular weight is 289 g/mol. The van der Waals surface area contributed by atoms with Gasteiger partial charge in [0.2, 0.25) is 0 Å². The second-order valence-electron chi connectivity index (χ2n) is 6.33. The fourth-order valence-corrected chi connectivity index (χ4v) is 3.23. The van der Waals surface area contributed by atoms with E-state index < -0.39 is 0 Å². The van der Waals surface area contributed by atoms with Gasteiger partial charge in [0.25, 0.3) is 0 Å². The standard InChI is InChI=1S/C19H31NO/c1-21-19-15-13-18(14-16-19)20-17-11-9-7-5-3-2-4-6-8-10-12-17/h13-17,20H,2-12H2,1H3. The van der Waals surface area contributed by atoms with Crippen molar-refractivity contribution in [1.82, 2.24) is 0 Å². The van der Waals surface area contributed by atoms with E-state index in [4.69, 9.17) is 4.74 Å². The van der Waals surface area contributed by atoms with Gasteiger partial charge in [-0.15, -0.1) is 0 Å². The molecule has 0 aromatic heterocycles. The molecule has 1 N–H and O–H groups in total. The monoisotopic (exact) mass is 289 g/mol. The lowest BCUT2D eigenvalue weighted by Crippen LogP contribution is -2.19. The molecule has 2 nitrogen and oxygen atoms in total. The van der Waals surface area contributed by atoms with Crippen LogP contribution in [-0.2, 0) is 0 Å². The topological polar surface area (TPSA) is 21.3 Å². The molecule has 0 heterocycles. The van der Waals surface area contributed by atoms with Crippen LogP contribution in [0, 0.1) is 0 Å². The maximum atomic E-state index is 5.22. The van der Waals surface area contributed by atoms with Crippen molar-refractivity contribution >= 4 is 5.69 Å². The van der Waals surface area contributed by atoms with Gasteiger partial charge in [-0.2, -0.15) is 0 Å². The number of ether oxygens (including phenoxy) is 1. The van der Waals surface area contributed by atoms with E-state index >= 15 is 0 Å². The van der Waals surface area contributed by atoms with E-state index in [0.29, 0.717) is 6.04 Å². The van der Waals surface area contributed by atoms with Gasteiger partial charge in [-0.25, -0.2) is 0 Å². The number of nitrogens with one attached hydrogen (secondary N) is 1. The maximum Gasteiger partial charge on any atom is 0.119 e. The summed E-state index contributed by atoms with van der Waals surface area (Å²) in [5.74, 6) is 0.930. The quantitative estimate of drug-likeness (QED) is 0.761. The largest absolute Gasteiger partial charge is 0.497 e. The van der Waals surface area contributed by atoms with Crippen molar-refractivity contribution in [2.24, 2.45) is 0 Å². The zero-order valence-corrected chi connectivity index (χ0v) is 13.6. The first kappa shape index (κ1) is 16.2. The summed E-state index contributed by atoms with van der Waals surface area (Å²) in [6.45, 7) is 0. The van der Waals surface area contributed by atoms with Crippen molar-refractivity contribution in [2.45, 2.75) is 76.7 Å². The Bertz CT molecular complexity index is 362. The van der Waals surface area contributed by atoms with Gasteiger partial charge in [-0.05, 0) is 37.1 Å². The first-order valence-electron chi connectivity index (χ1n) is 8.79. The lowest BCUT2D eigenvalue weighted by molar-refractivity contribution is 0.415. The van der Waals surface area contributed by atoms with Gasteiger partial charge in [0.15, 0.2) is 0 Å². The van der Waals surface area contributed by atoms with Crippen LogP contribution in [0.2, 0.25) is 0 Å². The third kappa shape index (κ3) is 6.41. The SMILES string of the molecule is COc1ccc(NC2CCCCCCCCCCC2)cc1. The van der Waals surface area contributed by atoms with E-state index in [0.717, 1.165) is 5.75 Å². The second kappa shape index (κ2) is 9.70. The molecule has 1 saturated carbocycles. The third-order valence-electron chi connectivity index (χ3n) is 4.57. The molecule has 1 aliphatic rings. The molecule has 21 heavy (non-hydrogen) atoms. The number of rotatable bonds is 3. The Hall–Kier alpha value is -1.18. The van der Waals surface area contributed by atoms with Crippen LogP contribution in [0.15, 0.2) is 24.3 Å². The van der Waals surface area contributed by atoms with Crippen molar-refractivity contribution in [3.05, 3.63) is 24.3 Å². The summed E-state index contributed by atoms with van der Waals surface area (Å²) in [5, 5.41) is 3.73. The van der Waals surface area contributed by atoms with Crippen molar-refractivity contribution in [1.29, 1.82) is 0 Å². The Morgan fingerprint density at radius 3 is 1.71 bits per heavy atom. The molecule has 0 unspecified atom stereocenters. The van der Waals surface area contributed by atoms with E-state index in [9.17, 15) is 0 Å². The highest BCUT2D eigenvalue weighted by Gasteiger charge is 2.09. The first-order valence-corrected chi connectivity index (χ1v) is 8.79. The van der Waals surface area contributed by atoms with Crippen LogP contribution in [0.5, 0.6) is 5.75 Å². The van der Waals surface area contributed by atoms with Gasteiger partial charge in [-0.1, -0.05) is 57.8 Å². The predicted octanol–water partition coefficient (Wildman–Crippen LogP) is 5.78. The first-order chi connectivity index (χ1) is 10.4. The fourth-order valence-electron chi connectivity index (χ4n) is 3.23. The summed E-state index contributed by atoms with van der Waals surface area (Å²) in [6, 6.07) is 8.98. The molecule has 0 saturated heterocycles. The van der Waals surface area contributed by atoms with E-state index in [1.165, 1.54) is 76.3 Å². The summed E-state index contributed by atoms with van der Waals surface area (Å²) in [7, 11) is 1.72. The summed E-state index contributed by atoms with van der Waals surface area (Å²) in [6.07, 6.45) is 15.4. The van der Waals surface area contributed by atoms with E-state index in [-0.39, 0.29) is 0 Å². The van der Waals surface area contributed by atoms with Crippen molar-refractivity contribution in [3.8, 4) is 5.75 Å². The summed E-state index contributed by atoms with van der Waals surface area (Å²) < 4.78 is 5.22. The predicted molar refractivity (Wildman–Crippen MR) is 91.2 cm³/mol. The molecule has 1 aliphatic carbocycles. The van der Waals surface area contributed by atoms with E-state index in [1.807, 2.05) is 12.1 Å². The second-order valence-corrected chi connectivity index (χ2v) is 6.33. The van der Waals surface area contributed by atoms with E-state index in [1.54, 1.807) is 7.11 Å². The summed E-state index contributed by atoms with van der Waals surface area (Å²) >= 11 is 0. The smallest absolute Gasteiger partial charge is 0.119 e. The van der Waals surface area contributed by atoms with Gasteiger partial charge in [-0.3, -0.25) is 0 Å². The lowest BCUT2D eigenvalue weighted by Gasteiger charge is -2.21. The molecule has 0 bridgehead atoms. The molecule has 0 atom stereocenters. The number of hydrogen-bond donors (Lipinski definition) is 1. The molecular formula is C19H31NO. The minimum atomic E-state index is 0.637. The number of methoxy groups -OCH3 is 1. The minimum Gasteiger partial charge on any atom is -0.497 e. The Morgan fingerprint density at radius 1 is 0.762 bits per heavy atom.